The summed E-state index contributed by atoms with van der Waals surface area (Å²) in [6.45, 7) is 6.26. The number of aromatic nitrogens is 3. The van der Waals surface area contributed by atoms with Crippen molar-refractivity contribution in [2.24, 2.45) is 7.05 Å². The first kappa shape index (κ1) is 15.0. The Balaban J connectivity index is 2.18. The van der Waals surface area contributed by atoms with Crippen LogP contribution in [0.5, 0.6) is 5.75 Å². The minimum atomic E-state index is 0.415. The molecule has 5 nitrogen and oxygen atoms in total. The molecular weight excluding hydrogens is 320 g/mol. The molecule has 0 spiro atoms. The Hall–Kier alpha value is -1.40. The Kier molecular flexibility index (Phi) is 5.14. The van der Waals surface area contributed by atoms with E-state index in [9.17, 15) is 0 Å². The lowest BCUT2D eigenvalue weighted by atomic mass is 10.1. The topological polar surface area (TPSA) is 52.0 Å². The van der Waals surface area contributed by atoms with Crippen molar-refractivity contribution in [2.75, 3.05) is 6.54 Å². The van der Waals surface area contributed by atoms with E-state index < -0.39 is 0 Å². The third-order valence-corrected chi connectivity index (χ3v) is 3.49. The fourth-order valence-corrected chi connectivity index (χ4v) is 2.59. The van der Waals surface area contributed by atoms with Crippen LogP contribution in [0.2, 0.25) is 0 Å². The molecule has 20 heavy (non-hydrogen) atoms. The fourth-order valence-electron chi connectivity index (χ4n) is 1.97. The maximum absolute atomic E-state index is 5.96. The van der Waals surface area contributed by atoms with Gasteiger partial charge in [0.05, 0.1) is 0 Å². The van der Waals surface area contributed by atoms with Crippen molar-refractivity contribution < 1.29 is 4.74 Å². The van der Waals surface area contributed by atoms with Gasteiger partial charge in [0.1, 0.15) is 18.7 Å². The van der Waals surface area contributed by atoms with Crippen LogP contribution in [0.1, 0.15) is 23.9 Å². The van der Waals surface area contributed by atoms with Crippen molar-refractivity contribution in [3.05, 3.63) is 39.9 Å². The van der Waals surface area contributed by atoms with Crippen molar-refractivity contribution in [3.8, 4) is 5.75 Å². The molecule has 0 amide bonds. The summed E-state index contributed by atoms with van der Waals surface area (Å²) in [7, 11) is 1.91. The number of nitrogens with one attached hydrogen (secondary N) is 1. The number of aryl methyl sites for hydroxylation is 2. The molecule has 0 unspecified atom stereocenters. The van der Waals surface area contributed by atoms with Gasteiger partial charge in [-0.1, -0.05) is 22.9 Å². The summed E-state index contributed by atoms with van der Waals surface area (Å²) in [6.07, 6.45) is 1.67. The highest BCUT2D eigenvalue weighted by Gasteiger charge is 2.10. The predicted octanol–water partition coefficient (Wildman–Crippen LogP) is 2.57. The van der Waals surface area contributed by atoms with E-state index in [1.165, 1.54) is 0 Å². The number of rotatable bonds is 6. The molecule has 2 aromatic rings. The Bertz CT molecular complexity index is 583. The lowest BCUT2D eigenvalue weighted by Crippen LogP contribution is -2.14. The first-order chi connectivity index (χ1) is 9.61. The van der Waals surface area contributed by atoms with Crippen LogP contribution in [0.3, 0.4) is 0 Å². The van der Waals surface area contributed by atoms with E-state index in [4.69, 9.17) is 4.74 Å². The molecule has 1 N–H and O–H groups in total. The second-order valence-electron chi connectivity index (χ2n) is 4.64. The van der Waals surface area contributed by atoms with E-state index in [2.05, 4.69) is 50.5 Å². The standard InChI is InChI=1S/C14H19BrN4O/c1-4-16-7-11-6-12(15)5-10(2)14(11)20-8-13-18-17-9-19(13)3/h5-6,9,16H,4,7-8H2,1-3H3. The van der Waals surface area contributed by atoms with Crippen molar-refractivity contribution in [3.63, 3.8) is 0 Å². The molecule has 1 aromatic heterocycles. The highest BCUT2D eigenvalue weighted by molar-refractivity contribution is 9.10. The van der Waals surface area contributed by atoms with Crippen LogP contribution in [0, 0.1) is 6.92 Å². The summed E-state index contributed by atoms with van der Waals surface area (Å²) in [4.78, 5) is 0. The van der Waals surface area contributed by atoms with Crippen LogP contribution < -0.4 is 10.1 Å². The minimum absolute atomic E-state index is 0.415. The summed E-state index contributed by atoms with van der Waals surface area (Å²) >= 11 is 3.53. The van der Waals surface area contributed by atoms with E-state index >= 15 is 0 Å². The molecule has 6 heteroatoms. The Morgan fingerprint density at radius 3 is 2.85 bits per heavy atom. The molecule has 0 radical (unpaired) electrons. The number of ether oxygens (including phenoxy) is 1. The van der Waals surface area contributed by atoms with Gasteiger partial charge in [-0.15, -0.1) is 10.2 Å². The van der Waals surface area contributed by atoms with Gasteiger partial charge in [-0.2, -0.15) is 0 Å². The molecule has 0 aliphatic carbocycles. The summed E-state index contributed by atoms with van der Waals surface area (Å²) in [5, 5.41) is 11.2. The molecule has 0 aliphatic heterocycles. The average Bonchev–Trinajstić information content (AvgIpc) is 2.80. The van der Waals surface area contributed by atoms with Gasteiger partial charge in [0, 0.05) is 23.6 Å². The maximum Gasteiger partial charge on any atom is 0.170 e. The van der Waals surface area contributed by atoms with E-state index in [1.807, 2.05) is 18.5 Å². The number of benzene rings is 1. The van der Waals surface area contributed by atoms with Crippen LogP contribution in [-0.2, 0) is 20.2 Å². The number of nitrogens with zero attached hydrogens (tertiary/aromatic N) is 3. The lowest BCUT2D eigenvalue weighted by molar-refractivity contribution is 0.285. The van der Waals surface area contributed by atoms with Crippen LogP contribution in [0.4, 0.5) is 0 Å². The van der Waals surface area contributed by atoms with Gasteiger partial charge in [0.15, 0.2) is 5.82 Å². The number of halogens is 1. The fraction of sp³-hybridized carbons (Fsp3) is 0.429. The lowest BCUT2D eigenvalue weighted by Gasteiger charge is -2.15. The zero-order chi connectivity index (χ0) is 14.5. The second-order valence-corrected chi connectivity index (χ2v) is 5.55. The van der Waals surface area contributed by atoms with Gasteiger partial charge in [0.2, 0.25) is 0 Å². The third-order valence-electron chi connectivity index (χ3n) is 3.03. The molecular formula is C14H19BrN4O. The summed E-state index contributed by atoms with van der Waals surface area (Å²) in [5.41, 5.74) is 2.25. The van der Waals surface area contributed by atoms with E-state index in [0.717, 1.165) is 40.3 Å². The normalized spacial score (nSPS) is 10.8. The zero-order valence-corrected chi connectivity index (χ0v) is 13.6. The average molecular weight is 339 g/mol. The Labute approximate surface area is 127 Å². The van der Waals surface area contributed by atoms with Gasteiger partial charge in [0.25, 0.3) is 0 Å². The number of hydrogen-bond donors (Lipinski definition) is 1. The molecule has 0 saturated heterocycles. The molecule has 1 aromatic carbocycles. The van der Waals surface area contributed by atoms with Gasteiger partial charge in [-0.25, -0.2) is 0 Å². The monoisotopic (exact) mass is 338 g/mol. The van der Waals surface area contributed by atoms with Gasteiger partial charge in [-0.05, 0) is 31.2 Å². The highest BCUT2D eigenvalue weighted by Crippen LogP contribution is 2.28. The van der Waals surface area contributed by atoms with Gasteiger partial charge in [-0.3, -0.25) is 0 Å². The Morgan fingerprint density at radius 2 is 2.20 bits per heavy atom. The third kappa shape index (κ3) is 3.58. The smallest absolute Gasteiger partial charge is 0.170 e. The molecule has 0 atom stereocenters. The molecule has 0 saturated carbocycles. The number of hydrogen-bond acceptors (Lipinski definition) is 4. The highest BCUT2D eigenvalue weighted by atomic mass is 79.9. The van der Waals surface area contributed by atoms with Crippen molar-refractivity contribution in [1.29, 1.82) is 0 Å². The molecule has 1 heterocycles. The van der Waals surface area contributed by atoms with E-state index in [1.54, 1.807) is 6.33 Å². The Morgan fingerprint density at radius 1 is 1.40 bits per heavy atom. The summed E-state index contributed by atoms with van der Waals surface area (Å²) in [5.74, 6) is 1.72. The predicted molar refractivity (Wildman–Crippen MR) is 81.6 cm³/mol. The summed E-state index contributed by atoms with van der Waals surface area (Å²) in [6, 6.07) is 4.14. The second kappa shape index (κ2) is 6.85. The summed E-state index contributed by atoms with van der Waals surface area (Å²) < 4.78 is 8.88. The van der Waals surface area contributed by atoms with Crippen molar-refractivity contribution in [2.45, 2.75) is 27.0 Å². The van der Waals surface area contributed by atoms with Gasteiger partial charge < -0.3 is 14.6 Å². The largest absolute Gasteiger partial charge is 0.485 e. The first-order valence-electron chi connectivity index (χ1n) is 6.57. The van der Waals surface area contributed by atoms with Crippen LogP contribution in [0.25, 0.3) is 0 Å². The maximum atomic E-state index is 5.96. The van der Waals surface area contributed by atoms with E-state index in [-0.39, 0.29) is 0 Å². The molecule has 0 aliphatic rings. The SMILES string of the molecule is CCNCc1cc(Br)cc(C)c1OCc1nncn1C. The molecule has 108 valence electrons. The van der Waals surface area contributed by atoms with Crippen molar-refractivity contribution in [1.82, 2.24) is 20.1 Å². The molecule has 2 rings (SSSR count). The molecule has 0 fully saturated rings. The zero-order valence-electron chi connectivity index (χ0n) is 12.0. The van der Waals surface area contributed by atoms with Crippen LogP contribution in [-0.4, -0.2) is 21.3 Å². The molecule has 0 bridgehead atoms. The van der Waals surface area contributed by atoms with Crippen LogP contribution in [0.15, 0.2) is 22.9 Å². The minimum Gasteiger partial charge on any atom is -0.485 e. The van der Waals surface area contributed by atoms with Crippen LogP contribution >= 0.6 is 15.9 Å². The van der Waals surface area contributed by atoms with Gasteiger partial charge >= 0.3 is 0 Å². The first-order valence-corrected chi connectivity index (χ1v) is 7.36. The van der Waals surface area contributed by atoms with E-state index in [0.29, 0.717) is 6.61 Å². The van der Waals surface area contributed by atoms with Crippen molar-refractivity contribution >= 4 is 15.9 Å². The quantitative estimate of drug-likeness (QED) is 0.879.